The lowest BCUT2D eigenvalue weighted by Crippen LogP contribution is -2.40. The summed E-state index contributed by atoms with van der Waals surface area (Å²) in [5.74, 6) is 0.830. The molecule has 0 saturated carbocycles. The molecule has 0 bridgehead atoms. The van der Waals surface area contributed by atoms with Crippen molar-refractivity contribution in [3.63, 3.8) is 0 Å². The van der Waals surface area contributed by atoms with Gasteiger partial charge in [0.1, 0.15) is 17.5 Å². The molecule has 74 valence electrons. The van der Waals surface area contributed by atoms with Gasteiger partial charge in [0.2, 0.25) is 0 Å². The minimum Gasteiger partial charge on any atom is -0.484 e. The lowest BCUT2D eigenvalue weighted by Gasteiger charge is -2.29. The Labute approximate surface area is 82.0 Å². The maximum Gasteiger partial charge on any atom is 0.145 e. The highest BCUT2D eigenvalue weighted by Gasteiger charge is 2.35. The van der Waals surface area contributed by atoms with Crippen molar-refractivity contribution in [3.8, 4) is 5.75 Å². The number of ether oxygens (including phenoxy) is 2. The molecular weight excluding hydrogens is 180 g/mol. The number of fused-ring (bicyclic) bond motifs is 2. The number of para-hydroxylation sites is 1. The van der Waals surface area contributed by atoms with E-state index >= 15 is 0 Å². The summed E-state index contributed by atoms with van der Waals surface area (Å²) in [7, 11) is 0. The van der Waals surface area contributed by atoms with Gasteiger partial charge in [0.15, 0.2) is 0 Å². The molecule has 4 heteroatoms. The average molecular weight is 192 g/mol. The summed E-state index contributed by atoms with van der Waals surface area (Å²) in [5.41, 5.74) is 7.47. The predicted octanol–water partition coefficient (Wildman–Crippen LogP) is 0.840. The Kier molecular flexibility index (Phi) is 1.58. The first-order valence-electron chi connectivity index (χ1n) is 4.74. The molecule has 1 aromatic rings. The molecule has 0 spiro atoms. The van der Waals surface area contributed by atoms with Gasteiger partial charge in [-0.05, 0) is 12.1 Å². The molecule has 0 amide bonds. The zero-order valence-corrected chi connectivity index (χ0v) is 7.69. The Bertz CT molecular complexity index is 367. The number of benzene rings is 1. The third-order valence-corrected chi connectivity index (χ3v) is 2.69. The fraction of sp³-hybridized carbons (Fsp3) is 0.400. The van der Waals surface area contributed by atoms with Crippen LogP contribution in [0.5, 0.6) is 5.75 Å². The minimum absolute atomic E-state index is 0.129. The predicted molar refractivity (Wildman–Crippen MR) is 53.5 cm³/mol. The number of anilines is 2. The van der Waals surface area contributed by atoms with Crippen molar-refractivity contribution in [3.05, 3.63) is 18.2 Å². The summed E-state index contributed by atoms with van der Waals surface area (Å²) >= 11 is 0. The first kappa shape index (κ1) is 7.94. The lowest BCUT2D eigenvalue weighted by molar-refractivity contribution is 0.139. The highest BCUT2D eigenvalue weighted by Crippen LogP contribution is 2.37. The van der Waals surface area contributed by atoms with Crippen LogP contribution in [-0.4, -0.2) is 25.4 Å². The largest absolute Gasteiger partial charge is 0.484 e. The maximum absolute atomic E-state index is 5.84. The van der Waals surface area contributed by atoms with Crippen molar-refractivity contribution in [1.82, 2.24) is 0 Å². The van der Waals surface area contributed by atoms with E-state index in [4.69, 9.17) is 15.2 Å². The van der Waals surface area contributed by atoms with E-state index < -0.39 is 0 Å². The minimum atomic E-state index is 0.129. The van der Waals surface area contributed by atoms with Crippen molar-refractivity contribution in [1.29, 1.82) is 0 Å². The van der Waals surface area contributed by atoms with Crippen molar-refractivity contribution in [2.45, 2.75) is 12.1 Å². The molecule has 0 radical (unpaired) electrons. The fourth-order valence-corrected chi connectivity index (χ4v) is 1.93. The molecule has 1 fully saturated rings. The van der Waals surface area contributed by atoms with Gasteiger partial charge in [0.25, 0.3) is 0 Å². The van der Waals surface area contributed by atoms with E-state index in [-0.39, 0.29) is 12.1 Å². The molecule has 2 aliphatic heterocycles. The van der Waals surface area contributed by atoms with Gasteiger partial charge in [-0.1, -0.05) is 6.07 Å². The van der Waals surface area contributed by atoms with Gasteiger partial charge in [-0.3, -0.25) is 0 Å². The highest BCUT2D eigenvalue weighted by atomic mass is 16.6. The molecule has 2 heterocycles. The van der Waals surface area contributed by atoms with E-state index in [1.807, 2.05) is 18.2 Å². The maximum atomic E-state index is 5.84. The molecule has 1 aromatic carbocycles. The van der Waals surface area contributed by atoms with E-state index in [2.05, 4.69) is 5.32 Å². The molecule has 2 atom stereocenters. The van der Waals surface area contributed by atoms with Gasteiger partial charge in [0.05, 0.1) is 24.9 Å². The van der Waals surface area contributed by atoms with Crippen LogP contribution in [0.3, 0.4) is 0 Å². The van der Waals surface area contributed by atoms with Gasteiger partial charge >= 0.3 is 0 Å². The third-order valence-electron chi connectivity index (χ3n) is 2.69. The zero-order chi connectivity index (χ0) is 9.54. The Morgan fingerprint density at radius 3 is 3.21 bits per heavy atom. The monoisotopic (exact) mass is 192 g/mol. The topological polar surface area (TPSA) is 56.5 Å². The molecule has 3 N–H and O–H groups in total. The van der Waals surface area contributed by atoms with Gasteiger partial charge in [-0.2, -0.15) is 0 Å². The van der Waals surface area contributed by atoms with E-state index in [9.17, 15) is 0 Å². The second-order valence-electron chi connectivity index (χ2n) is 3.66. The van der Waals surface area contributed by atoms with Crippen molar-refractivity contribution in [2.24, 2.45) is 0 Å². The quantitative estimate of drug-likeness (QED) is 0.598. The summed E-state index contributed by atoms with van der Waals surface area (Å²) in [5, 5.41) is 3.35. The first-order chi connectivity index (χ1) is 6.84. The second kappa shape index (κ2) is 2.78. The Morgan fingerprint density at radius 2 is 2.29 bits per heavy atom. The summed E-state index contributed by atoms with van der Waals surface area (Å²) in [6.07, 6.45) is 0.129. The average Bonchev–Trinajstić information content (AvgIpc) is 2.62. The molecule has 0 aliphatic carbocycles. The molecule has 3 rings (SSSR count). The number of hydrogen-bond acceptors (Lipinski definition) is 4. The van der Waals surface area contributed by atoms with Gasteiger partial charge in [0, 0.05) is 0 Å². The van der Waals surface area contributed by atoms with Crippen molar-refractivity contribution >= 4 is 11.4 Å². The smallest absolute Gasteiger partial charge is 0.145 e. The van der Waals surface area contributed by atoms with Crippen LogP contribution in [0.25, 0.3) is 0 Å². The molecule has 2 aliphatic rings. The molecule has 1 saturated heterocycles. The van der Waals surface area contributed by atoms with Gasteiger partial charge < -0.3 is 20.5 Å². The number of nitrogen functional groups attached to an aromatic ring is 1. The van der Waals surface area contributed by atoms with Crippen LogP contribution >= 0.6 is 0 Å². The number of rotatable bonds is 0. The Balaban J connectivity index is 2.01. The van der Waals surface area contributed by atoms with Crippen molar-refractivity contribution < 1.29 is 9.47 Å². The van der Waals surface area contributed by atoms with Crippen LogP contribution in [-0.2, 0) is 4.74 Å². The Morgan fingerprint density at radius 1 is 1.36 bits per heavy atom. The van der Waals surface area contributed by atoms with Crippen LogP contribution < -0.4 is 15.8 Å². The molecule has 0 aromatic heterocycles. The van der Waals surface area contributed by atoms with E-state index in [1.54, 1.807) is 0 Å². The zero-order valence-electron chi connectivity index (χ0n) is 7.69. The van der Waals surface area contributed by atoms with Crippen molar-refractivity contribution in [2.75, 3.05) is 24.3 Å². The van der Waals surface area contributed by atoms with E-state index in [0.29, 0.717) is 13.2 Å². The van der Waals surface area contributed by atoms with Crippen LogP contribution in [0.15, 0.2) is 18.2 Å². The summed E-state index contributed by atoms with van der Waals surface area (Å²) in [6, 6.07) is 5.93. The molecule has 4 nitrogen and oxygen atoms in total. The van der Waals surface area contributed by atoms with Crippen LogP contribution in [0.2, 0.25) is 0 Å². The van der Waals surface area contributed by atoms with Crippen LogP contribution in [0, 0.1) is 0 Å². The molecular formula is C10H12N2O2. The van der Waals surface area contributed by atoms with Crippen LogP contribution in [0.4, 0.5) is 11.4 Å². The summed E-state index contributed by atoms with van der Waals surface area (Å²) < 4.78 is 11.1. The fourth-order valence-electron chi connectivity index (χ4n) is 1.93. The number of nitrogens with one attached hydrogen (secondary N) is 1. The second-order valence-corrected chi connectivity index (χ2v) is 3.66. The number of hydrogen-bond donors (Lipinski definition) is 2. The van der Waals surface area contributed by atoms with E-state index in [1.165, 1.54) is 0 Å². The third kappa shape index (κ3) is 1.04. The Hall–Kier alpha value is -1.42. The number of nitrogens with two attached hydrogens (primary N) is 1. The van der Waals surface area contributed by atoms with E-state index in [0.717, 1.165) is 17.1 Å². The summed E-state index contributed by atoms with van der Waals surface area (Å²) in [6.45, 7) is 1.35. The molecule has 0 unspecified atom stereocenters. The van der Waals surface area contributed by atoms with Crippen LogP contribution in [0.1, 0.15) is 0 Å². The molecule has 14 heavy (non-hydrogen) atoms. The van der Waals surface area contributed by atoms with Gasteiger partial charge in [-0.15, -0.1) is 0 Å². The standard InChI is InChI=1S/C10H12N2O2/c11-6-2-1-3-8-10(6)12-7-4-13-5-9(7)14-8/h1-3,7,9,12H,4-5,11H2/t7-,9+/m0/s1. The van der Waals surface area contributed by atoms with Gasteiger partial charge in [-0.25, -0.2) is 0 Å². The lowest BCUT2D eigenvalue weighted by atomic mass is 10.1. The first-order valence-corrected chi connectivity index (χ1v) is 4.74. The summed E-state index contributed by atoms with van der Waals surface area (Å²) in [4.78, 5) is 0. The normalized spacial score (nSPS) is 28.6. The SMILES string of the molecule is Nc1cccc2c1N[C@H]1COC[C@H]1O2. The highest BCUT2D eigenvalue weighted by molar-refractivity contribution is 5.74.